The van der Waals surface area contributed by atoms with Gasteiger partial charge >= 0.3 is 11.7 Å². The Labute approximate surface area is 175 Å². The number of carbonyl (C=O) groups is 1. The van der Waals surface area contributed by atoms with E-state index in [-0.39, 0.29) is 12.2 Å². The summed E-state index contributed by atoms with van der Waals surface area (Å²) in [6.45, 7) is 2.54. The Balaban J connectivity index is 1.83. The second-order valence-electron chi connectivity index (χ2n) is 7.30. The number of aliphatic carboxylic acids is 1. The highest BCUT2D eigenvalue weighted by atomic mass is 79.9. The van der Waals surface area contributed by atoms with E-state index in [1.54, 1.807) is 9.13 Å². The van der Waals surface area contributed by atoms with Crippen molar-refractivity contribution < 1.29 is 9.90 Å². The minimum atomic E-state index is -0.864. The summed E-state index contributed by atoms with van der Waals surface area (Å²) in [5.41, 5.74) is 3.41. The molecule has 0 saturated carbocycles. The third kappa shape index (κ3) is 3.62. The smallest absolute Gasteiger partial charge is 0.329 e. The number of nitrogens with zero attached hydrogens (tertiary/aromatic N) is 2. The van der Waals surface area contributed by atoms with Crippen LogP contribution in [0.5, 0.6) is 0 Å². The van der Waals surface area contributed by atoms with Crippen LogP contribution in [-0.2, 0) is 17.9 Å². The fraction of sp³-hybridized carbons (Fsp3) is 0.273. The number of nitrogens with one attached hydrogen (secondary N) is 1. The van der Waals surface area contributed by atoms with Crippen LogP contribution in [0.2, 0.25) is 0 Å². The van der Waals surface area contributed by atoms with E-state index < -0.39 is 11.9 Å². The van der Waals surface area contributed by atoms with Crippen LogP contribution >= 0.6 is 15.9 Å². The predicted octanol–water partition coefficient (Wildman–Crippen LogP) is 4.60. The molecule has 6 nitrogen and oxygen atoms in total. The summed E-state index contributed by atoms with van der Waals surface area (Å²) >= 11 is 3.54. The van der Waals surface area contributed by atoms with E-state index in [0.717, 1.165) is 38.4 Å². The lowest BCUT2D eigenvalue weighted by atomic mass is 10.0. The van der Waals surface area contributed by atoms with Crippen molar-refractivity contribution in [2.24, 2.45) is 5.92 Å². The van der Waals surface area contributed by atoms with Crippen molar-refractivity contribution in [1.82, 2.24) is 14.1 Å². The molecule has 4 rings (SSSR count). The first kappa shape index (κ1) is 19.5. The van der Waals surface area contributed by atoms with Gasteiger partial charge in [0.15, 0.2) is 0 Å². The topological polar surface area (TPSA) is 80.0 Å². The van der Waals surface area contributed by atoms with E-state index in [0.29, 0.717) is 13.0 Å². The van der Waals surface area contributed by atoms with Crippen molar-refractivity contribution in [3.05, 3.63) is 69.2 Å². The highest BCUT2D eigenvalue weighted by molar-refractivity contribution is 9.10. The molecule has 0 spiro atoms. The van der Waals surface area contributed by atoms with Crippen molar-refractivity contribution in [2.75, 3.05) is 0 Å². The van der Waals surface area contributed by atoms with Crippen LogP contribution in [0, 0.1) is 5.92 Å². The van der Waals surface area contributed by atoms with Crippen LogP contribution in [-0.4, -0.2) is 25.2 Å². The van der Waals surface area contributed by atoms with Gasteiger partial charge in [0, 0.05) is 28.1 Å². The van der Waals surface area contributed by atoms with Crippen LogP contribution in [0.25, 0.3) is 21.9 Å². The fourth-order valence-electron chi connectivity index (χ4n) is 3.97. The number of hydrogen-bond donors (Lipinski definition) is 2. The number of benzene rings is 2. The van der Waals surface area contributed by atoms with Gasteiger partial charge in [-0.1, -0.05) is 41.4 Å². The summed E-state index contributed by atoms with van der Waals surface area (Å²) < 4.78 is 4.28. The first-order valence-electron chi connectivity index (χ1n) is 9.66. The molecule has 1 unspecified atom stereocenters. The van der Waals surface area contributed by atoms with Crippen LogP contribution in [0.1, 0.15) is 25.3 Å². The summed E-state index contributed by atoms with van der Waals surface area (Å²) in [5, 5.41) is 10.6. The maximum absolute atomic E-state index is 13.3. The lowest BCUT2D eigenvalue weighted by Crippen LogP contribution is -2.29. The normalized spacial score (nSPS) is 12.6. The zero-order chi connectivity index (χ0) is 20.5. The van der Waals surface area contributed by atoms with E-state index in [4.69, 9.17) is 0 Å². The van der Waals surface area contributed by atoms with E-state index in [9.17, 15) is 14.7 Å². The summed E-state index contributed by atoms with van der Waals surface area (Å²) in [6, 6.07) is 13.6. The monoisotopic (exact) mass is 455 g/mol. The minimum absolute atomic E-state index is 0.174. The molecule has 150 valence electrons. The van der Waals surface area contributed by atoms with Gasteiger partial charge in [0.1, 0.15) is 0 Å². The maximum Gasteiger partial charge on any atom is 0.329 e. The van der Waals surface area contributed by atoms with Crippen molar-refractivity contribution in [3.8, 4) is 0 Å². The molecule has 29 heavy (non-hydrogen) atoms. The number of aromatic nitrogens is 3. The molecule has 0 aliphatic rings. The molecule has 0 amide bonds. The molecule has 2 aromatic heterocycles. The Bertz CT molecular complexity index is 1250. The van der Waals surface area contributed by atoms with Gasteiger partial charge in [-0.2, -0.15) is 0 Å². The molecule has 2 N–H and O–H groups in total. The summed E-state index contributed by atoms with van der Waals surface area (Å²) in [5.74, 6) is -1.45. The molecule has 4 aromatic rings. The van der Waals surface area contributed by atoms with Crippen LogP contribution < -0.4 is 5.69 Å². The molecule has 0 radical (unpaired) electrons. The van der Waals surface area contributed by atoms with Crippen molar-refractivity contribution in [1.29, 1.82) is 0 Å². The molecule has 0 bridgehead atoms. The first-order chi connectivity index (χ1) is 14.0. The van der Waals surface area contributed by atoms with Crippen LogP contribution in [0.3, 0.4) is 0 Å². The maximum atomic E-state index is 13.3. The molecule has 2 heterocycles. The van der Waals surface area contributed by atoms with Gasteiger partial charge in [-0.25, -0.2) is 4.79 Å². The average molecular weight is 456 g/mol. The molecule has 0 fully saturated rings. The molecule has 0 saturated heterocycles. The Kier molecular flexibility index (Phi) is 5.32. The molecule has 0 aliphatic heterocycles. The lowest BCUT2D eigenvalue weighted by molar-refractivity contribution is -0.142. The average Bonchev–Trinajstić information content (AvgIpc) is 3.26. The van der Waals surface area contributed by atoms with Crippen molar-refractivity contribution in [2.45, 2.75) is 32.9 Å². The quantitative estimate of drug-likeness (QED) is 0.427. The number of aromatic amines is 1. The summed E-state index contributed by atoms with van der Waals surface area (Å²) in [4.78, 5) is 28.2. The number of para-hydroxylation sites is 2. The highest BCUT2D eigenvalue weighted by Crippen LogP contribution is 2.25. The predicted molar refractivity (Wildman–Crippen MR) is 117 cm³/mol. The van der Waals surface area contributed by atoms with Gasteiger partial charge in [-0.15, -0.1) is 0 Å². The van der Waals surface area contributed by atoms with Gasteiger partial charge in [-0.05, 0) is 42.3 Å². The minimum Gasteiger partial charge on any atom is -0.481 e. The number of hydrogen-bond acceptors (Lipinski definition) is 2. The van der Waals surface area contributed by atoms with Crippen LogP contribution in [0.15, 0.2) is 57.9 Å². The van der Waals surface area contributed by atoms with Gasteiger partial charge in [-0.3, -0.25) is 13.9 Å². The van der Waals surface area contributed by atoms with Gasteiger partial charge < -0.3 is 10.1 Å². The fourth-order valence-corrected chi connectivity index (χ4v) is 4.48. The Hall–Kier alpha value is -2.80. The number of H-pyrrole nitrogens is 1. The molecule has 7 heteroatoms. The van der Waals surface area contributed by atoms with E-state index in [1.807, 2.05) is 55.6 Å². The SMILES string of the molecule is CCCC(Cn1c(=O)n(Cc2cc(Br)cc3[nH]ccc23)c2ccccc21)C(=O)O. The standard InChI is InChI=1S/C22H22BrN3O3/c1-2-5-14(21(27)28)12-25-19-6-3-4-7-20(19)26(22(25)29)13-15-10-16(23)11-18-17(15)8-9-24-18/h3-4,6-11,14,24H,2,5,12-13H2,1H3,(H,27,28). The van der Waals surface area contributed by atoms with Crippen molar-refractivity contribution >= 4 is 43.8 Å². The zero-order valence-electron chi connectivity index (χ0n) is 16.1. The van der Waals surface area contributed by atoms with Gasteiger partial charge in [0.05, 0.1) is 23.5 Å². The van der Waals surface area contributed by atoms with Crippen LogP contribution in [0.4, 0.5) is 0 Å². The Morgan fingerprint density at radius 2 is 1.90 bits per heavy atom. The molecule has 1 atom stereocenters. The highest BCUT2D eigenvalue weighted by Gasteiger charge is 2.22. The molecular weight excluding hydrogens is 434 g/mol. The third-order valence-corrected chi connectivity index (χ3v) is 5.82. The van der Waals surface area contributed by atoms with E-state index >= 15 is 0 Å². The number of carboxylic acid groups (broad SMARTS) is 1. The molecule has 2 aromatic carbocycles. The number of fused-ring (bicyclic) bond motifs is 2. The lowest BCUT2D eigenvalue weighted by Gasteiger charge is -2.12. The number of rotatable bonds is 7. The second kappa shape index (κ2) is 7.91. The zero-order valence-corrected chi connectivity index (χ0v) is 17.6. The molecule has 0 aliphatic carbocycles. The number of carboxylic acids is 1. The Morgan fingerprint density at radius 3 is 2.59 bits per heavy atom. The summed E-state index contributed by atoms with van der Waals surface area (Å²) in [6.07, 6.45) is 3.18. The number of imidazole rings is 1. The second-order valence-corrected chi connectivity index (χ2v) is 8.21. The third-order valence-electron chi connectivity index (χ3n) is 5.36. The summed E-state index contributed by atoms with van der Waals surface area (Å²) in [7, 11) is 0. The molecular formula is C22H22BrN3O3. The Morgan fingerprint density at radius 1 is 1.17 bits per heavy atom. The van der Waals surface area contributed by atoms with E-state index in [1.165, 1.54) is 0 Å². The largest absolute Gasteiger partial charge is 0.481 e. The first-order valence-corrected chi connectivity index (χ1v) is 10.4. The number of halogens is 1. The van der Waals surface area contributed by atoms with Gasteiger partial charge in [0.2, 0.25) is 0 Å². The van der Waals surface area contributed by atoms with E-state index in [2.05, 4.69) is 20.9 Å². The van der Waals surface area contributed by atoms with Crippen molar-refractivity contribution in [3.63, 3.8) is 0 Å². The van der Waals surface area contributed by atoms with Gasteiger partial charge in [0.25, 0.3) is 0 Å².